The zero-order valence-corrected chi connectivity index (χ0v) is 16.9. The van der Waals surface area contributed by atoms with Crippen molar-refractivity contribution >= 4 is 17.1 Å². The maximum atomic E-state index is 11.8. The number of nitrogens with one attached hydrogen (secondary N) is 1. The molecule has 1 aromatic heterocycles. The van der Waals surface area contributed by atoms with E-state index in [-0.39, 0.29) is 6.61 Å². The fourth-order valence-electron chi connectivity index (χ4n) is 3.17. The number of hydrogen-bond donors (Lipinski definition) is 2. The molecular weight excluding hydrogens is 370 g/mol. The summed E-state index contributed by atoms with van der Waals surface area (Å²) < 4.78 is 16.3. The molecule has 6 nitrogen and oxygen atoms in total. The van der Waals surface area contributed by atoms with Crippen LogP contribution in [0.25, 0.3) is 22.1 Å². The Morgan fingerprint density at radius 1 is 1.17 bits per heavy atom. The number of benzene rings is 2. The largest absolute Gasteiger partial charge is 0.458 e. The van der Waals surface area contributed by atoms with E-state index >= 15 is 0 Å². The molecule has 0 aliphatic rings. The lowest BCUT2D eigenvalue weighted by atomic mass is 9.99. The summed E-state index contributed by atoms with van der Waals surface area (Å²) in [6.45, 7) is 3.17. The topological polar surface area (TPSA) is 80.9 Å². The molecular formula is C23H27NO5. The second-order valence-corrected chi connectivity index (χ2v) is 6.91. The summed E-state index contributed by atoms with van der Waals surface area (Å²) in [5.41, 5.74) is 4.34. The molecule has 0 fully saturated rings. The molecule has 0 atom stereocenters. The molecule has 0 spiro atoms. The lowest BCUT2D eigenvalue weighted by Crippen LogP contribution is -2.24. The van der Waals surface area contributed by atoms with Crippen LogP contribution in [-0.2, 0) is 29.2 Å². The third-order valence-electron chi connectivity index (χ3n) is 4.60. The number of unbranched alkanes of at least 4 members (excludes halogenated alkanes) is 1. The highest BCUT2D eigenvalue weighted by atomic mass is 16.5. The first-order valence-corrected chi connectivity index (χ1v) is 9.79. The Hall–Kier alpha value is -2.83. The van der Waals surface area contributed by atoms with Gasteiger partial charge in [0.2, 0.25) is 0 Å². The van der Waals surface area contributed by atoms with Crippen LogP contribution in [0.2, 0.25) is 0 Å². The van der Waals surface area contributed by atoms with E-state index in [0.29, 0.717) is 19.8 Å². The molecule has 1 heterocycles. The normalized spacial score (nSPS) is 11.0. The molecule has 29 heavy (non-hydrogen) atoms. The predicted molar refractivity (Wildman–Crippen MR) is 111 cm³/mol. The van der Waals surface area contributed by atoms with Crippen molar-refractivity contribution in [2.24, 2.45) is 0 Å². The molecule has 3 aromatic rings. The number of furan rings is 1. The smallest absolute Gasteiger partial charge is 0.407 e. The molecule has 0 aliphatic heterocycles. The Labute approximate surface area is 170 Å². The number of methoxy groups -OCH3 is 1. The summed E-state index contributed by atoms with van der Waals surface area (Å²) in [5.74, 6) is 0.728. The van der Waals surface area contributed by atoms with E-state index in [9.17, 15) is 9.90 Å². The number of amides is 1. The van der Waals surface area contributed by atoms with Crippen molar-refractivity contribution < 1.29 is 23.8 Å². The van der Waals surface area contributed by atoms with E-state index in [0.717, 1.165) is 51.8 Å². The summed E-state index contributed by atoms with van der Waals surface area (Å²) in [5, 5.41) is 13.3. The zero-order valence-electron chi connectivity index (χ0n) is 16.9. The van der Waals surface area contributed by atoms with Gasteiger partial charge < -0.3 is 24.3 Å². The van der Waals surface area contributed by atoms with Gasteiger partial charge in [-0.05, 0) is 47.4 Å². The molecule has 3 rings (SSSR count). The molecule has 2 N–H and O–H groups in total. The van der Waals surface area contributed by atoms with Gasteiger partial charge in [0.05, 0.1) is 13.2 Å². The SMILES string of the molecule is CCCCOC(=O)NCc1cccc(-c2cc(CO)cc3cc(COC)oc23)c1. The molecule has 1 amide bonds. The van der Waals surface area contributed by atoms with E-state index in [4.69, 9.17) is 13.9 Å². The lowest BCUT2D eigenvalue weighted by molar-refractivity contribution is 0.144. The summed E-state index contributed by atoms with van der Waals surface area (Å²) >= 11 is 0. The Balaban J connectivity index is 1.84. The molecule has 0 unspecified atom stereocenters. The van der Waals surface area contributed by atoms with Crippen LogP contribution in [0.15, 0.2) is 46.9 Å². The van der Waals surface area contributed by atoms with Gasteiger partial charge >= 0.3 is 6.09 Å². The number of hydrogen-bond acceptors (Lipinski definition) is 5. The fraction of sp³-hybridized carbons (Fsp3) is 0.348. The number of fused-ring (bicyclic) bond motifs is 1. The van der Waals surface area contributed by atoms with E-state index < -0.39 is 6.09 Å². The molecule has 0 radical (unpaired) electrons. The second kappa shape index (κ2) is 10.1. The Morgan fingerprint density at radius 2 is 2.03 bits per heavy atom. The maximum Gasteiger partial charge on any atom is 0.407 e. The predicted octanol–water partition coefficient (Wildman–Crippen LogP) is 4.76. The summed E-state index contributed by atoms with van der Waals surface area (Å²) in [6.07, 6.45) is 1.42. The van der Waals surface area contributed by atoms with E-state index in [1.165, 1.54) is 0 Å². The van der Waals surface area contributed by atoms with Gasteiger partial charge in [0.1, 0.15) is 18.0 Å². The number of rotatable bonds is 9. The number of ether oxygens (including phenoxy) is 2. The second-order valence-electron chi connectivity index (χ2n) is 6.91. The van der Waals surface area contributed by atoms with Gasteiger partial charge in [0, 0.05) is 24.6 Å². The fourth-order valence-corrected chi connectivity index (χ4v) is 3.17. The van der Waals surface area contributed by atoms with Crippen molar-refractivity contribution in [1.29, 1.82) is 0 Å². The first-order valence-electron chi connectivity index (χ1n) is 9.79. The molecule has 0 aliphatic carbocycles. The van der Waals surface area contributed by atoms with Crippen LogP contribution in [0.5, 0.6) is 0 Å². The quantitative estimate of drug-likeness (QED) is 0.509. The minimum atomic E-state index is -0.413. The monoisotopic (exact) mass is 397 g/mol. The van der Waals surface area contributed by atoms with Crippen molar-refractivity contribution in [2.75, 3.05) is 13.7 Å². The summed E-state index contributed by atoms with van der Waals surface area (Å²) in [6, 6.07) is 13.6. The first kappa shape index (κ1) is 20.9. The minimum absolute atomic E-state index is 0.0570. The number of aliphatic hydroxyl groups is 1. The number of alkyl carbamates (subject to hydrolysis) is 1. The molecule has 6 heteroatoms. The third kappa shape index (κ3) is 5.37. The third-order valence-corrected chi connectivity index (χ3v) is 4.60. The van der Waals surface area contributed by atoms with E-state index in [1.807, 2.05) is 49.4 Å². The van der Waals surface area contributed by atoms with Crippen LogP contribution in [0.3, 0.4) is 0 Å². The van der Waals surface area contributed by atoms with Gasteiger partial charge in [-0.1, -0.05) is 31.5 Å². The van der Waals surface area contributed by atoms with Crippen LogP contribution < -0.4 is 5.32 Å². The highest BCUT2D eigenvalue weighted by Crippen LogP contribution is 2.33. The number of carbonyl (C=O) groups is 1. The zero-order chi connectivity index (χ0) is 20.6. The molecule has 0 saturated carbocycles. The number of carbonyl (C=O) groups excluding carboxylic acids is 1. The van der Waals surface area contributed by atoms with Gasteiger partial charge in [0.25, 0.3) is 0 Å². The average Bonchev–Trinajstić information content (AvgIpc) is 3.14. The number of aliphatic hydroxyl groups excluding tert-OH is 1. The standard InChI is InChI=1S/C23H27NO5/c1-3-4-8-28-23(26)24-13-16-6-5-7-18(9-16)21-11-17(14-25)10-19-12-20(15-27-2)29-22(19)21/h5-7,9-12,25H,3-4,8,13-15H2,1-2H3,(H,24,26). The van der Waals surface area contributed by atoms with Gasteiger partial charge in [-0.2, -0.15) is 0 Å². The van der Waals surface area contributed by atoms with Crippen LogP contribution in [-0.4, -0.2) is 24.9 Å². The van der Waals surface area contributed by atoms with Crippen molar-refractivity contribution in [3.05, 3.63) is 59.4 Å². The van der Waals surface area contributed by atoms with Crippen molar-refractivity contribution in [3.8, 4) is 11.1 Å². The molecule has 0 saturated heterocycles. The van der Waals surface area contributed by atoms with Crippen LogP contribution in [0, 0.1) is 0 Å². The van der Waals surface area contributed by atoms with Crippen molar-refractivity contribution in [2.45, 2.75) is 39.5 Å². The Morgan fingerprint density at radius 3 is 2.79 bits per heavy atom. The molecule has 0 bridgehead atoms. The molecule has 2 aromatic carbocycles. The van der Waals surface area contributed by atoms with Gasteiger partial charge in [-0.25, -0.2) is 4.79 Å². The summed E-state index contributed by atoms with van der Waals surface area (Å²) in [7, 11) is 1.62. The maximum absolute atomic E-state index is 11.8. The van der Waals surface area contributed by atoms with Gasteiger partial charge in [0.15, 0.2) is 0 Å². The van der Waals surface area contributed by atoms with Crippen LogP contribution in [0.1, 0.15) is 36.7 Å². The average molecular weight is 397 g/mol. The Bertz CT molecular complexity index is 963. The van der Waals surface area contributed by atoms with Gasteiger partial charge in [-0.3, -0.25) is 0 Å². The van der Waals surface area contributed by atoms with Gasteiger partial charge in [-0.15, -0.1) is 0 Å². The van der Waals surface area contributed by atoms with Crippen LogP contribution in [0.4, 0.5) is 4.79 Å². The minimum Gasteiger partial charge on any atom is -0.458 e. The van der Waals surface area contributed by atoms with Crippen LogP contribution >= 0.6 is 0 Å². The summed E-state index contributed by atoms with van der Waals surface area (Å²) in [4.78, 5) is 11.8. The van der Waals surface area contributed by atoms with E-state index in [1.54, 1.807) is 7.11 Å². The highest BCUT2D eigenvalue weighted by molar-refractivity contribution is 5.93. The first-order chi connectivity index (χ1) is 14.1. The van der Waals surface area contributed by atoms with Crippen molar-refractivity contribution in [3.63, 3.8) is 0 Å². The Kier molecular flexibility index (Phi) is 7.27. The highest BCUT2D eigenvalue weighted by Gasteiger charge is 2.13. The lowest BCUT2D eigenvalue weighted by Gasteiger charge is -2.10. The molecule has 154 valence electrons. The van der Waals surface area contributed by atoms with E-state index in [2.05, 4.69) is 5.32 Å². The van der Waals surface area contributed by atoms with Crippen molar-refractivity contribution in [1.82, 2.24) is 5.32 Å².